The van der Waals surface area contributed by atoms with E-state index in [-0.39, 0.29) is 5.84 Å². The van der Waals surface area contributed by atoms with E-state index in [9.17, 15) is 0 Å². The number of amidine groups is 1. The summed E-state index contributed by atoms with van der Waals surface area (Å²) in [6.07, 6.45) is 4.70. The van der Waals surface area contributed by atoms with Crippen molar-refractivity contribution in [3.8, 4) is 22.9 Å². The molecule has 0 amide bonds. The van der Waals surface area contributed by atoms with Crippen molar-refractivity contribution in [3.05, 3.63) is 89.9 Å². The Hall–Kier alpha value is -4.26. The van der Waals surface area contributed by atoms with Crippen molar-refractivity contribution in [2.75, 3.05) is 5.32 Å². The van der Waals surface area contributed by atoms with E-state index in [4.69, 9.17) is 20.9 Å². The summed E-state index contributed by atoms with van der Waals surface area (Å²) in [5.74, 6) is 2.13. The number of ether oxygens (including phenoxy) is 1. The van der Waals surface area contributed by atoms with Crippen LogP contribution in [0.5, 0.6) is 11.5 Å². The van der Waals surface area contributed by atoms with E-state index in [0.717, 1.165) is 34.6 Å². The van der Waals surface area contributed by atoms with Crippen molar-refractivity contribution >= 4 is 17.3 Å². The van der Waals surface area contributed by atoms with Crippen LogP contribution in [0.15, 0.2) is 73.1 Å². The van der Waals surface area contributed by atoms with Gasteiger partial charge in [-0.2, -0.15) is 0 Å². The summed E-state index contributed by atoms with van der Waals surface area (Å²) in [6.45, 7) is 3.99. The van der Waals surface area contributed by atoms with Gasteiger partial charge in [0.05, 0.1) is 11.5 Å². The summed E-state index contributed by atoms with van der Waals surface area (Å²) < 4.78 is 6.25. The highest BCUT2D eigenvalue weighted by Crippen LogP contribution is 2.33. The molecule has 0 spiro atoms. The molecule has 0 radical (unpaired) electrons. The van der Waals surface area contributed by atoms with Gasteiger partial charge in [-0.1, -0.05) is 18.2 Å². The normalized spacial score (nSPS) is 10.6. The second kappa shape index (κ2) is 9.91. The zero-order valence-electron chi connectivity index (χ0n) is 18.7. The van der Waals surface area contributed by atoms with E-state index in [1.54, 1.807) is 12.4 Å². The molecule has 7 heteroatoms. The van der Waals surface area contributed by atoms with Crippen molar-refractivity contribution in [2.45, 2.75) is 26.7 Å². The number of pyridine rings is 3. The fourth-order valence-electron chi connectivity index (χ4n) is 3.35. The summed E-state index contributed by atoms with van der Waals surface area (Å²) in [7, 11) is 0. The Morgan fingerprint density at radius 3 is 2.67 bits per heavy atom. The minimum atomic E-state index is 0.186. The lowest BCUT2D eigenvalue weighted by molar-refractivity contribution is 0.481. The standard InChI is InChI=1S/C26H26N6O/c1-17-14-23(26(31-18(17)2)22-8-3-4-12-29-22)33-21-11-13-30-25(16-21)32-20-7-5-6-19(15-20)9-10-24(27)28/h3-8,11-16H,9-10H2,1-2H3,(H3,27,28)(H,30,32). The number of hydrogen-bond acceptors (Lipinski definition) is 6. The number of aromatic nitrogens is 3. The Morgan fingerprint density at radius 1 is 1.00 bits per heavy atom. The molecule has 7 nitrogen and oxygen atoms in total. The monoisotopic (exact) mass is 438 g/mol. The van der Waals surface area contributed by atoms with Crippen LogP contribution >= 0.6 is 0 Å². The van der Waals surface area contributed by atoms with Gasteiger partial charge in [-0.15, -0.1) is 0 Å². The van der Waals surface area contributed by atoms with Gasteiger partial charge in [0.2, 0.25) is 0 Å². The maximum absolute atomic E-state index is 7.42. The molecule has 0 aliphatic heterocycles. The molecule has 0 unspecified atom stereocenters. The van der Waals surface area contributed by atoms with Gasteiger partial charge in [0, 0.05) is 36.3 Å². The largest absolute Gasteiger partial charge is 0.455 e. The van der Waals surface area contributed by atoms with Crippen molar-refractivity contribution in [2.24, 2.45) is 5.73 Å². The molecule has 0 fully saturated rings. The van der Waals surface area contributed by atoms with Gasteiger partial charge in [0.1, 0.15) is 17.3 Å². The summed E-state index contributed by atoms with van der Waals surface area (Å²) in [5, 5.41) is 10.7. The average molecular weight is 439 g/mol. The highest BCUT2D eigenvalue weighted by Gasteiger charge is 2.13. The second-order valence-electron chi connectivity index (χ2n) is 7.78. The van der Waals surface area contributed by atoms with Crippen LogP contribution in [0.3, 0.4) is 0 Å². The Labute approximate surface area is 193 Å². The third kappa shape index (κ3) is 5.71. The van der Waals surface area contributed by atoms with Gasteiger partial charge in [0.15, 0.2) is 5.75 Å². The zero-order chi connectivity index (χ0) is 23.2. The van der Waals surface area contributed by atoms with Crippen molar-refractivity contribution in [1.29, 1.82) is 5.41 Å². The van der Waals surface area contributed by atoms with Crippen LogP contribution in [-0.4, -0.2) is 20.8 Å². The lowest BCUT2D eigenvalue weighted by Gasteiger charge is -2.14. The first-order valence-electron chi connectivity index (χ1n) is 10.7. The zero-order valence-corrected chi connectivity index (χ0v) is 18.7. The van der Waals surface area contributed by atoms with Gasteiger partial charge in [-0.05, 0) is 67.8 Å². The number of nitrogens with zero attached hydrogens (tertiary/aromatic N) is 3. The highest BCUT2D eigenvalue weighted by molar-refractivity contribution is 5.77. The Kier molecular flexibility index (Phi) is 6.59. The van der Waals surface area contributed by atoms with Crippen molar-refractivity contribution < 1.29 is 4.74 Å². The summed E-state index contributed by atoms with van der Waals surface area (Å²) in [6, 6.07) is 19.4. The van der Waals surface area contributed by atoms with E-state index >= 15 is 0 Å². The summed E-state index contributed by atoms with van der Waals surface area (Å²) >= 11 is 0. The molecular weight excluding hydrogens is 412 g/mol. The van der Waals surface area contributed by atoms with E-state index in [0.29, 0.717) is 29.4 Å². The van der Waals surface area contributed by atoms with Crippen LogP contribution in [0.1, 0.15) is 23.2 Å². The van der Waals surface area contributed by atoms with Crippen LogP contribution in [0, 0.1) is 19.3 Å². The highest BCUT2D eigenvalue weighted by atomic mass is 16.5. The van der Waals surface area contributed by atoms with E-state index < -0.39 is 0 Å². The van der Waals surface area contributed by atoms with Crippen molar-refractivity contribution in [1.82, 2.24) is 15.0 Å². The topological polar surface area (TPSA) is 110 Å². The van der Waals surface area contributed by atoms with E-state index in [2.05, 4.69) is 15.3 Å². The molecule has 0 atom stereocenters. The molecule has 4 aromatic rings. The molecule has 0 bridgehead atoms. The Balaban J connectivity index is 1.57. The number of anilines is 2. The van der Waals surface area contributed by atoms with E-state index in [1.165, 1.54) is 0 Å². The first-order chi connectivity index (χ1) is 16.0. The van der Waals surface area contributed by atoms with Gasteiger partial charge < -0.3 is 15.8 Å². The van der Waals surface area contributed by atoms with Gasteiger partial charge in [-0.25, -0.2) is 9.97 Å². The van der Waals surface area contributed by atoms with Crippen LogP contribution in [0.2, 0.25) is 0 Å². The fourth-order valence-corrected chi connectivity index (χ4v) is 3.35. The molecule has 4 rings (SSSR count). The second-order valence-corrected chi connectivity index (χ2v) is 7.78. The SMILES string of the molecule is Cc1cc(Oc2ccnc(Nc3cccc(CCC(=N)N)c3)c2)c(-c2ccccn2)nc1C. The Bertz CT molecular complexity index is 1270. The van der Waals surface area contributed by atoms with E-state index in [1.807, 2.05) is 74.5 Å². The molecule has 166 valence electrons. The molecule has 0 aliphatic rings. The lowest BCUT2D eigenvalue weighted by Crippen LogP contribution is -2.10. The van der Waals surface area contributed by atoms with Gasteiger partial charge in [-0.3, -0.25) is 10.4 Å². The number of hydrogen-bond donors (Lipinski definition) is 3. The predicted molar refractivity (Wildman–Crippen MR) is 131 cm³/mol. The quantitative estimate of drug-likeness (QED) is 0.245. The number of rotatable bonds is 8. The lowest BCUT2D eigenvalue weighted by atomic mass is 10.1. The third-order valence-electron chi connectivity index (χ3n) is 5.18. The summed E-state index contributed by atoms with van der Waals surface area (Å²) in [5.41, 5.74) is 10.9. The van der Waals surface area contributed by atoms with Gasteiger partial charge >= 0.3 is 0 Å². The number of benzene rings is 1. The Morgan fingerprint density at radius 2 is 1.88 bits per heavy atom. The predicted octanol–water partition coefficient (Wildman–Crippen LogP) is 5.56. The molecule has 33 heavy (non-hydrogen) atoms. The molecule has 0 saturated carbocycles. The van der Waals surface area contributed by atoms with Crippen LogP contribution in [-0.2, 0) is 6.42 Å². The third-order valence-corrected chi connectivity index (χ3v) is 5.18. The number of aryl methyl sites for hydroxylation is 3. The van der Waals surface area contributed by atoms with Crippen molar-refractivity contribution in [3.63, 3.8) is 0 Å². The molecule has 3 heterocycles. The number of nitrogens with two attached hydrogens (primary N) is 1. The average Bonchev–Trinajstić information content (AvgIpc) is 2.81. The smallest absolute Gasteiger partial charge is 0.155 e. The maximum Gasteiger partial charge on any atom is 0.155 e. The first-order valence-corrected chi connectivity index (χ1v) is 10.7. The minimum Gasteiger partial charge on any atom is -0.455 e. The summed E-state index contributed by atoms with van der Waals surface area (Å²) in [4.78, 5) is 13.6. The van der Waals surface area contributed by atoms with Crippen LogP contribution in [0.25, 0.3) is 11.4 Å². The minimum absolute atomic E-state index is 0.186. The molecule has 0 aliphatic carbocycles. The van der Waals surface area contributed by atoms with Crippen LogP contribution in [0.4, 0.5) is 11.5 Å². The first kappa shape index (κ1) is 22.0. The molecule has 4 N–H and O–H groups in total. The molecule has 0 saturated heterocycles. The fraction of sp³-hybridized carbons (Fsp3) is 0.154. The molecular formula is C26H26N6O. The van der Waals surface area contributed by atoms with Crippen LogP contribution < -0.4 is 15.8 Å². The maximum atomic E-state index is 7.42. The molecule has 1 aromatic carbocycles. The number of nitrogens with one attached hydrogen (secondary N) is 2. The molecule has 3 aromatic heterocycles. The van der Waals surface area contributed by atoms with Gasteiger partial charge in [0.25, 0.3) is 0 Å².